The summed E-state index contributed by atoms with van der Waals surface area (Å²) < 4.78 is 29.2. The Balaban J connectivity index is 1.76. The molecule has 2 aliphatic heterocycles. The van der Waals surface area contributed by atoms with E-state index >= 15 is 0 Å². The van der Waals surface area contributed by atoms with Gasteiger partial charge in [0.15, 0.2) is 0 Å². The minimum atomic E-state index is -2.64. The first kappa shape index (κ1) is 21.2. The zero-order chi connectivity index (χ0) is 22.2. The number of anilines is 2. The molecule has 9 heteroatoms. The molecule has 4 rings (SSSR count). The Bertz CT molecular complexity index is 998. The number of halogens is 2. The molecule has 2 atom stereocenters. The van der Waals surface area contributed by atoms with Crippen LogP contribution in [0.3, 0.4) is 0 Å². The number of nitrogens with one attached hydrogen (secondary N) is 2. The number of likely N-dealkylation sites (N-methyl/N-ethyl adjacent to an activating group) is 1. The number of likely N-dealkylation sites (tertiary alicyclic amines) is 1. The Hall–Kier alpha value is -3.04. The van der Waals surface area contributed by atoms with E-state index in [1.54, 1.807) is 12.1 Å². The van der Waals surface area contributed by atoms with Gasteiger partial charge in [-0.1, -0.05) is 31.2 Å². The fraction of sp³-hybridized carbons (Fsp3) is 0.364. The van der Waals surface area contributed by atoms with Crippen LogP contribution in [0.15, 0.2) is 42.5 Å². The summed E-state index contributed by atoms with van der Waals surface area (Å²) in [6, 6.07) is 8.27. The van der Waals surface area contributed by atoms with Gasteiger partial charge in [-0.3, -0.25) is 9.69 Å². The second-order valence-electron chi connectivity index (χ2n) is 7.69. The lowest BCUT2D eigenvalue weighted by molar-refractivity contribution is -0.140. The van der Waals surface area contributed by atoms with Crippen molar-refractivity contribution in [3.63, 3.8) is 0 Å². The zero-order valence-electron chi connectivity index (χ0n) is 17.1. The number of rotatable bonds is 5. The number of amides is 3. The average Bonchev–Trinajstić information content (AvgIpc) is 3.21. The second kappa shape index (κ2) is 8.24. The highest BCUT2D eigenvalue weighted by molar-refractivity contribution is 6.12. The molecule has 2 unspecified atom stereocenters. The lowest BCUT2D eigenvalue weighted by atomic mass is 9.94. The molecule has 31 heavy (non-hydrogen) atoms. The third kappa shape index (κ3) is 3.53. The van der Waals surface area contributed by atoms with Crippen LogP contribution in [0, 0.1) is 11.6 Å². The van der Waals surface area contributed by atoms with Gasteiger partial charge in [0.25, 0.3) is 11.6 Å². The molecule has 2 aliphatic rings. The molecule has 2 aromatic rings. The van der Waals surface area contributed by atoms with Crippen molar-refractivity contribution in [2.75, 3.05) is 29.9 Å². The first-order valence-electron chi connectivity index (χ1n) is 10.3. The molecule has 0 spiro atoms. The standard InChI is InChI=1S/C22H24F2N4O3/c1-2-27-12-6-7-14(27)13-25-20(29)22(31)15-8-3-4-11-18(15)26-21(30)28(22)19-16(23)9-5-10-17(19)24/h3-5,8-11,14,31H,2,6-7,12-13H2,1H3,(H,25,29)(H,26,30). The Morgan fingerprint density at radius 2 is 1.94 bits per heavy atom. The summed E-state index contributed by atoms with van der Waals surface area (Å²) in [5.41, 5.74) is -3.23. The Morgan fingerprint density at radius 3 is 2.65 bits per heavy atom. The number of benzene rings is 2. The molecule has 7 nitrogen and oxygen atoms in total. The van der Waals surface area contributed by atoms with E-state index < -0.39 is 35.0 Å². The van der Waals surface area contributed by atoms with Crippen molar-refractivity contribution < 1.29 is 23.5 Å². The van der Waals surface area contributed by atoms with Gasteiger partial charge in [-0.15, -0.1) is 0 Å². The van der Waals surface area contributed by atoms with E-state index in [1.807, 2.05) is 6.92 Å². The summed E-state index contributed by atoms with van der Waals surface area (Å²) in [5.74, 6) is -3.08. The van der Waals surface area contributed by atoms with Gasteiger partial charge in [0.05, 0.1) is 5.69 Å². The molecular weight excluding hydrogens is 406 g/mol. The number of carbonyl (C=O) groups is 2. The number of fused-ring (bicyclic) bond motifs is 1. The number of para-hydroxylation sites is 2. The quantitative estimate of drug-likeness (QED) is 0.681. The van der Waals surface area contributed by atoms with Gasteiger partial charge in [0.1, 0.15) is 17.3 Å². The van der Waals surface area contributed by atoms with E-state index in [0.717, 1.165) is 44.1 Å². The number of hydrogen-bond acceptors (Lipinski definition) is 4. The lowest BCUT2D eigenvalue weighted by Crippen LogP contribution is -2.63. The number of aliphatic hydroxyl groups is 1. The molecular formula is C22H24F2N4O3. The molecule has 3 N–H and O–H groups in total. The molecule has 1 saturated heterocycles. The highest BCUT2D eigenvalue weighted by Gasteiger charge is 2.53. The summed E-state index contributed by atoms with van der Waals surface area (Å²) in [5, 5.41) is 16.8. The molecule has 0 bridgehead atoms. The molecule has 2 heterocycles. The van der Waals surface area contributed by atoms with Crippen LogP contribution in [0.5, 0.6) is 0 Å². The Kier molecular flexibility index (Phi) is 5.63. The van der Waals surface area contributed by atoms with Crippen molar-refractivity contribution >= 4 is 23.3 Å². The van der Waals surface area contributed by atoms with E-state index in [9.17, 15) is 23.5 Å². The van der Waals surface area contributed by atoms with Crippen molar-refractivity contribution in [3.8, 4) is 0 Å². The minimum Gasteiger partial charge on any atom is -0.359 e. The van der Waals surface area contributed by atoms with E-state index in [1.165, 1.54) is 12.1 Å². The maximum atomic E-state index is 14.6. The maximum Gasteiger partial charge on any atom is 0.329 e. The number of urea groups is 1. The van der Waals surface area contributed by atoms with Gasteiger partial charge in [-0.05, 0) is 44.1 Å². The van der Waals surface area contributed by atoms with Crippen LogP contribution < -0.4 is 15.5 Å². The summed E-state index contributed by atoms with van der Waals surface area (Å²) in [6.45, 7) is 4.01. The van der Waals surface area contributed by atoms with Gasteiger partial charge in [-0.25, -0.2) is 18.5 Å². The van der Waals surface area contributed by atoms with Gasteiger partial charge in [0, 0.05) is 18.2 Å². The van der Waals surface area contributed by atoms with Crippen LogP contribution in [0.25, 0.3) is 0 Å². The third-order valence-electron chi connectivity index (χ3n) is 5.95. The third-order valence-corrected chi connectivity index (χ3v) is 5.95. The fourth-order valence-electron chi connectivity index (χ4n) is 4.40. The van der Waals surface area contributed by atoms with E-state index in [-0.39, 0.29) is 23.8 Å². The summed E-state index contributed by atoms with van der Waals surface area (Å²) >= 11 is 0. The van der Waals surface area contributed by atoms with Gasteiger partial charge in [0.2, 0.25) is 0 Å². The molecule has 1 fully saturated rings. The molecule has 0 radical (unpaired) electrons. The van der Waals surface area contributed by atoms with Crippen LogP contribution in [0.4, 0.5) is 25.0 Å². The predicted octanol–water partition coefficient (Wildman–Crippen LogP) is 2.76. The molecule has 0 aromatic heterocycles. The van der Waals surface area contributed by atoms with Crippen LogP contribution in [0.1, 0.15) is 25.3 Å². The zero-order valence-corrected chi connectivity index (χ0v) is 17.1. The van der Waals surface area contributed by atoms with Crippen LogP contribution in [-0.2, 0) is 10.5 Å². The second-order valence-corrected chi connectivity index (χ2v) is 7.69. The van der Waals surface area contributed by atoms with Crippen molar-refractivity contribution in [2.24, 2.45) is 0 Å². The summed E-state index contributed by atoms with van der Waals surface area (Å²) in [6.07, 6.45) is 1.88. The van der Waals surface area contributed by atoms with Gasteiger partial charge in [-0.2, -0.15) is 0 Å². The van der Waals surface area contributed by atoms with E-state index in [2.05, 4.69) is 15.5 Å². The summed E-state index contributed by atoms with van der Waals surface area (Å²) in [4.78, 5) is 28.9. The first-order chi connectivity index (χ1) is 14.9. The molecule has 0 saturated carbocycles. The van der Waals surface area contributed by atoms with Crippen molar-refractivity contribution in [1.82, 2.24) is 10.2 Å². The largest absolute Gasteiger partial charge is 0.359 e. The Morgan fingerprint density at radius 1 is 1.23 bits per heavy atom. The highest BCUT2D eigenvalue weighted by Crippen LogP contribution is 2.41. The normalized spacial score (nSPS) is 23.4. The minimum absolute atomic E-state index is 0.0218. The van der Waals surface area contributed by atoms with Gasteiger partial charge >= 0.3 is 6.03 Å². The van der Waals surface area contributed by atoms with Crippen molar-refractivity contribution in [3.05, 3.63) is 59.7 Å². The van der Waals surface area contributed by atoms with Crippen molar-refractivity contribution in [1.29, 1.82) is 0 Å². The van der Waals surface area contributed by atoms with Crippen molar-refractivity contribution in [2.45, 2.75) is 31.5 Å². The maximum absolute atomic E-state index is 14.6. The highest BCUT2D eigenvalue weighted by atomic mass is 19.1. The predicted molar refractivity (Wildman–Crippen MR) is 111 cm³/mol. The lowest BCUT2D eigenvalue weighted by Gasteiger charge is -2.42. The SMILES string of the molecule is CCN1CCCC1CNC(=O)C1(O)c2ccccc2NC(=O)N1c1c(F)cccc1F. The summed E-state index contributed by atoms with van der Waals surface area (Å²) in [7, 11) is 0. The monoisotopic (exact) mass is 430 g/mol. The molecule has 3 amide bonds. The Labute approximate surface area is 178 Å². The topological polar surface area (TPSA) is 84.9 Å². The van der Waals surface area contributed by atoms with Crippen LogP contribution in [0.2, 0.25) is 0 Å². The molecule has 164 valence electrons. The average molecular weight is 430 g/mol. The van der Waals surface area contributed by atoms with E-state index in [4.69, 9.17) is 0 Å². The number of hydrogen-bond donors (Lipinski definition) is 3. The fourth-order valence-corrected chi connectivity index (χ4v) is 4.40. The number of carbonyl (C=O) groups excluding carboxylic acids is 2. The van der Waals surface area contributed by atoms with Gasteiger partial charge < -0.3 is 15.7 Å². The molecule has 2 aromatic carbocycles. The van der Waals surface area contributed by atoms with Crippen LogP contribution in [-0.4, -0.2) is 47.6 Å². The molecule has 0 aliphatic carbocycles. The smallest absolute Gasteiger partial charge is 0.329 e. The first-order valence-corrected chi connectivity index (χ1v) is 10.3. The number of nitrogens with zero attached hydrogens (tertiary/aromatic N) is 2. The van der Waals surface area contributed by atoms with E-state index in [0.29, 0.717) is 4.90 Å². The van der Waals surface area contributed by atoms with Crippen LogP contribution >= 0.6 is 0 Å².